The molecule has 174 valence electrons. The molecular weight excluding hydrogens is 440 g/mol. The third-order valence-corrected chi connectivity index (χ3v) is 5.45. The molecule has 35 heavy (non-hydrogen) atoms. The standard InChI is InChI=1S/C28H24N4O3/c1-19-8-6-12-23(16-19)35-27-24(28(34)32-15-7-9-20(2)25(32)31-27)17-22(18-29)26(33)30-14-13-21-10-4-3-5-11-21/h3-12,15-17H,13-14H2,1-2H3,(H,30,33)/b22-17+. The highest BCUT2D eigenvalue weighted by Crippen LogP contribution is 2.25. The topological polar surface area (TPSA) is 96.5 Å². The van der Waals surface area contributed by atoms with Gasteiger partial charge in [0.1, 0.15) is 28.6 Å². The summed E-state index contributed by atoms with van der Waals surface area (Å²) >= 11 is 0. The number of ether oxygens (including phenoxy) is 1. The van der Waals surface area contributed by atoms with E-state index in [1.807, 2.05) is 74.5 Å². The van der Waals surface area contributed by atoms with Crippen LogP contribution in [-0.2, 0) is 11.2 Å². The van der Waals surface area contributed by atoms with Crippen molar-refractivity contribution in [1.29, 1.82) is 5.26 Å². The summed E-state index contributed by atoms with van der Waals surface area (Å²) in [4.78, 5) is 30.7. The Morgan fingerprint density at radius 3 is 2.66 bits per heavy atom. The van der Waals surface area contributed by atoms with Crippen LogP contribution in [0.4, 0.5) is 0 Å². The van der Waals surface area contributed by atoms with E-state index in [0.29, 0.717) is 24.4 Å². The fraction of sp³-hybridized carbons (Fsp3) is 0.143. The maximum absolute atomic E-state index is 13.4. The first-order valence-corrected chi connectivity index (χ1v) is 11.2. The van der Waals surface area contributed by atoms with Crippen molar-refractivity contribution in [3.63, 3.8) is 0 Å². The van der Waals surface area contributed by atoms with Crippen LogP contribution in [0.2, 0.25) is 0 Å². The van der Waals surface area contributed by atoms with E-state index in [0.717, 1.165) is 16.7 Å². The van der Waals surface area contributed by atoms with E-state index in [2.05, 4.69) is 10.3 Å². The Labute approximate surface area is 203 Å². The van der Waals surface area contributed by atoms with E-state index in [1.165, 1.54) is 10.5 Å². The Morgan fingerprint density at radius 1 is 1.11 bits per heavy atom. The number of amides is 1. The van der Waals surface area contributed by atoms with Crippen LogP contribution in [0.1, 0.15) is 22.3 Å². The number of carbonyl (C=O) groups excluding carboxylic acids is 1. The molecule has 0 atom stereocenters. The predicted octanol–water partition coefficient (Wildman–Crippen LogP) is 4.37. The Morgan fingerprint density at radius 2 is 1.91 bits per heavy atom. The number of pyridine rings is 1. The molecule has 0 bridgehead atoms. The summed E-state index contributed by atoms with van der Waals surface area (Å²) in [5, 5.41) is 12.4. The number of hydrogen-bond donors (Lipinski definition) is 1. The zero-order chi connectivity index (χ0) is 24.8. The third kappa shape index (κ3) is 5.45. The molecule has 0 fully saturated rings. The smallest absolute Gasteiger partial charge is 0.269 e. The van der Waals surface area contributed by atoms with Gasteiger partial charge in [-0.05, 0) is 61.2 Å². The fourth-order valence-electron chi connectivity index (χ4n) is 3.64. The average molecular weight is 465 g/mol. The first kappa shape index (κ1) is 23.5. The number of rotatable bonds is 7. The molecule has 0 saturated heterocycles. The normalized spacial score (nSPS) is 11.2. The molecule has 1 amide bonds. The van der Waals surface area contributed by atoms with Gasteiger partial charge >= 0.3 is 0 Å². The predicted molar refractivity (Wildman–Crippen MR) is 134 cm³/mol. The van der Waals surface area contributed by atoms with Gasteiger partial charge in [0.15, 0.2) is 0 Å². The van der Waals surface area contributed by atoms with Gasteiger partial charge in [-0.15, -0.1) is 0 Å². The lowest BCUT2D eigenvalue weighted by atomic mass is 10.1. The van der Waals surface area contributed by atoms with Crippen LogP contribution in [0.5, 0.6) is 11.6 Å². The molecule has 1 N–H and O–H groups in total. The van der Waals surface area contributed by atoms with Crippen LogP contribution >= 0.6 is 0 Å². The number of carbonyl (C=O) groups is 1. The number of aromatic nitrogens is 2. The molecule has 0 saturated carbocycles. The van der Waals surface area contributed by atoms with Crippen LogP contribution in [0, 0.1) is 25.2 Å². The fourth-order valence-corrected chi connectivity index (χ4v) is 3.64. The molecule has 0 aliphatic rings. The van der Waals surface area contributed by atoms with Crippen LogP contribution in [-0.4, -0.2) is 21.8 Å². The van der Waals surface area contributed by atoms with Gasteiger partial charge in [0.2, 0.25) is 5.88 Å². The first-order chi connectivity index (χ1) is 17.0. The summed E-state index contributed by atoms with van der Waals surface area (Å²) in [6, 6.07) is 22.5. The largest absolute Gasteiger partial charge is 0.438 e. The van der Waals surface area contributed by atoms with Crippen molar-refractivity contribution in [3.8, 4) is 17.7 Å². The Kier molecular flexibility index (Phi) is 7.03. The molecule has 7 heteroatoms. The minimum atomic E-state index is -0.571. The van der Waals surface area contributed by atoms with Gasteiger partial charge in [-0.3, -0.25) is 14.0 Å². The van der Waals surface area contributed by atoms with E-state index in [-0.39, 0.29) is 17.0 Å². The SMILES string of the molecule is Cc1cccc(Oc2nc3c(C)cccn3c(=O)c2/C=C(\C#N)C(=O)NCCc2ccccc2)c1. The molecule has 2 aromatic heterocycles. The van der Waals surface area contributed by atoms with Gasteiger partial charge in [0, 0.05) is 12.7 Å². The average Bonchev–Trinajstić information content (AvgIpc) is 2.85. The summed E-state index contributed by atoms with van der Waals surface area (Å²) < 4.78 is 7.37. The summed E-state index contributed by atoms with van der Waals surface area (Å²) in [6.07, 6.45) is 3.46. The lowest BCUT2D eigenvalue weighted by molar-refractivity contribution is -0.117. The highest BCUT2D eigenvalue weighted by Gasteiger charge is 2.18. The molecular formula is C28H24N4O3. The molecule has 2 heterocycles. The molecule has 7 nitrogen and oxygen atoms in total. The van der Waals surface area contributed by atoms with Crippen molar-refractivity contribution in [2.45, 2.75) is 20.3 Å². The quantitative estimate of drug-likeness (QED) is 0.324. The van der Waals surface area contributed by atoms with Gasteiger partial charge < -0.3 is 10.1 Å². The number of fused-ring (bicyclic) bond motifs is 1. The van der Waals surface area contributed by atoms with Crippen molar-refractivity contribution in [2.24, 2.45) is 0 Å². The second-order valence-electron chi connectivity index (χ2n) is 8.10. The van der Waals surface area contributed by atoms with E-state index in [4.69, 9.17) is 4.74 Å². The molecule has 4 aromatic rings. The molecule has 0 aliphatic carbocycles. The highest BCUT2D eigenvalue weighted by atomic mass is 16.5. The van der Waals surface area contributed by atoms with Crippen LogP contribution in [0.15, 0.2) is 83.3 Å². The molecule has 0 unspecified atom stereocenters. The van der Waals surface area contributed by atoms with E-state index in [1.54, 1.807) is 18.3 Å². The van der Waals surface area contributed by atoms with Crippen molar-refractivity contribution >= 4 is 17.6 Å². The minimum Gasteiger partial charge on any atom is -0.438 e. The van der Waals surface area contributed by atoms with Crippen LogP contribution < -0.4 is 15.6 Å². The van der Waals surface area contributed by atoms with Crippen molar-refractivity contribution in [1.82, 2.24) is 14.7 Å². The number of nitrogens with one attached hydrogen (secondary N) is 1. The van der Waals surface area contributed by atoms with Gasteiger partial charge in [0.25, 0.3) is 11.5 Å². The number of benzene rings is 2. The summed E-state index contributed by atoms with van der Waals surface area (Å²) in [7, 11) is 0. The second-order valence-corrected chi connectivity index (χ2v) is 8.10. The van der Waals surface area contributed by atoms with E-state index >= 15 is 0 Å². The maximum Gasteiger partial charge on any atom is 0.269 e. The monoisotopic (exact) mass is 464 g/mol. The molecule has 0 aliphatic heterocycles. The van der Waals surface area contributed by atoms with Crippen molar-refractivity contribution in [2.75, 3.05) is 6.54 Å². The summed E-state index contributed by atoms with van der Waals surface area (Å²) in [5.74, 6) is -0.0475. The zero-order valence-electron chi connectivity index (χ0n) is 19.5. The summed E-state index contributed by atoms with van der Waals surface area (Å²) in [6.45, 7) is 4.12. The molecule has 4 rings (SSSR count). The second kappa shape index (κ2) is 10.5. The minimum absolute atomic E-state index is 0.0179. The molecule has 0 radical (unpaired) electrons. The van der Waals surface area contributed by atoms with Crippen LogP contribution in [0.25, 0.3) is 11.7 Å². The molecule has 0 spiro atoms. The van der Waals surface area contributed by atoms with Crippen molar-refractivity contribution in [3.05, 3.63) is 111 Å². The lowest BCUT2D eigenvalue weighted by Gasteiger charge is -2.12. The Hall–Kier alpha value is -4.70. The van der Waals surface area contributed by atoms with Gasteiger partial charge in [-0.1, -0.05) is 48.5 Å². The number of aryl methyl sites for hydroxylation is 2. The Bertz CT molecular complexity index is 1520. The Balaban J connectivity index is 1.71. The van der Waals surface area contributed by atoms with E-state index < -0.39 is 11.5 Å². The van der Waals surface area contributed by atoms with E-state index in [9.17, 15) is 14.9 Å². The maximum atomic E-state index is 13.4. The highest BCUT2D eigenvalue weighted by molar-refractivity contribution is 6.01. The number of nitriles is 1. The van der Waals surface area contributed by atoms with Crippen LogP contribution in [0.3, 0.4) is 0 Å². The van der Waals surface area contributed by atoms with Gasteiger partial charge in [-0.2, -0.15) is 10.2 Å². The van der Waals surface area contributed by atoms with Gasteiger partial charge in [0.05, 0.1) is 0 Å². The molecule has 2 aromatic carbocycles. The summed E-state index contributed by atoms with van der Waals surface area (Å²) in [5.41, 5.74) is 2.63. The zero-order valence-corrected chi connectivity index (χ0v) is 19.5. The number of hydrogen-bond acceptors (Lipinski definition) is 5. The lowest BCUT2D eigenvalue weighted by Crippen LogP contribution is -2.27. The number of nitrogens with zero attached hydrogens (tertiary/aromatic N) is 3. The third-order valence-electron chi connectivity index (χ3n) is 5.45. The van der Waals surface area contributed by atoms with Crippen molar-refractivity contribution < 1.29 is 9.53 Å². The van der Waals surface area contributed by atoms with Gasteiger partial charge in [-0.25, -0.2) is 0 Å². The first-order valence-electron chi connectivity index (χ1n) is 11.2.